The smallest absolute Gasteiger partial charge is 0.383 e. The minimum Gasteiger partial charge on any atom is -0.383 e. The zero-order chi connectivity index (χ0) is 29.6. The number of aryl methyl sites for hydroxylation is 2. The van der Waals surface area contributed by atoms with Crippen LogP contribution in [-0.4, -0.2) is 98.4 Å². The number of carbonyl (C=O) groups is 1. The van der Waals surface area contributed by atoms with Gasteiger partial charge in [-0.05, 0) is 56.0 Å². The molecule has 2 aliphatic heterocycles. The number of ether oxygens (including phenoxy) is 2. The fourth-order valence-corrected chi connectivity index (χ4v) is 5.64. The molecule has 2 unspecified atom stereocenters. The van der Waals surface area contributed by atoms with Crippen molar-refractivity contribution in [3.8, 4) is 11.8 Å². The van der Waals surface area contributed by atoms with Crippen LogP contribution in [0.4, 0.5) is 13.2 Å². The second-order valence-corrected chi connectivity index (χ2v) is 11.3. The molecule has 9 heteroatoms. The number of morpholine rings is 1. The molecule has 222 valence electrons. The Balaban J connectivity index is 1.50. The average Bonchev–Trinajstić information content (AvgIpc) is 2.93. The molecule has 2 saturated heterocycles. The number of benzene rings is 2. The van der Waals surface area contributed by atoms with Crippen LogP contribution >= 0.6 is 0 Å². The van der Waals surface area contributed by atoms with Gasteiger partial charge in [-0.2, -0.15) is 13.2 Å². The molecule has 0 N–H and O–H groups in total. The van der Waals surface area contributed by atoms with E-state index in [1.165, 1.54) is 23.8 Å². The predicted molar refractivity (Wildman–Crippen MR) is 153 cm³/mol. The number of carbonyl (C=O) groups excluding carboxylic acids is 1. The number of methoxy groups -OCH3 is 1. The Bertz CT molecular complexity index is 1270. The quantitative estimate of drug-likeness (QED) is 0.461. The van der Waals surface area contributed by atoms with Crippen molar-refractivity contribution >= 4 is 5.91 Å². The van der Waals surface area contributed by atoms with Gasteiger partial charge in [0.05, 0.1) is 49.6 Å². The van der Waals surface area contributed by atoms with Gasteiger partial charge in [0.1, 0.15) is 0 Å². The van der Waals surface area contributed by atoms with Crippen LogP contribution in [0.25, 0.3) is 0 Å². The summed E-state index contributed by atoms with van der Waals surface area (Å²) in [6.07, 6.45) is -4.05. The Kier molecular flexibility index (Phi) is 10.1. The molecule has 0 radical (unpaired) electrons. The van der Waals surface area contributed by atoms with Crippen LogP contribution in [0, 0.1) is 25.7 Å². The molecule has 0 saturated carbocycles. The van der Waals surface area contributed by atoms with Crippen molar-refractivity contribution in [3.63, 3.8) is 0 Å². The molecule has 0 spiro atoms. The van der Waals surface area contributed by atoms with Crippen LogP contribution < -0.4 is 0 Å². The highest BCUT2D eigenvalue weighted by Crippen LogP contribution is 2.33. The van der Waals surface area contributed by atoms with Gasteiger partial charge in [0.25, 0.3) is 5.91 Å². The third-order valence-electron chi connectivity index (χ3n) is 8.17. The van der Waals surface area contributed by atoms with E-state index >= 15 is 0 Å². The van der Waals surface area contributed by atoms with Crippen molar-refractivity contribution in [1.82, 2.24) is 14.7 Å². The van der Waals surface area contributed by atoms with Crippen LogP contribution in [0.2, 0.25) is 0 Å². The Morgan fingerprint density at radius 2 is 1.83 bits per heavy atom. The number of piperazine rings is 1. The lowest BCUT2D eigenvalue weighted by molar-refractivity contribution is -0.138. The molecule has 2 atom stereocenters. The van der Waals surface area contributed by atoms with Crippen LogP contribution in [0.3, 0.4) is 0 Å². The van der Waals surface area contributed by atoms with Crippen LogP contribution in [0.1, 0.15) is 39.5 Å². The van der Waals surface area contributed by atoms with E-state index in [0.717, 1.165) is 23.7 Å². The molecule has 2 fully saturated rings. The van der Waals surface area contributed by atoms with Crippen molar-refractivity contribution in [2.24, 2.45) is 0 Å². The zero-order valence-corrected chi connectivity index (χ0v) is 24.4. The fraction of sp³-hybridized carbons (Fsp3) is 0.531. The fourth-order valence-electron chi connectivity index (χ4n) is 5.64. The SMILES string of the molecule is COCC1(C)COCCN1CC#CCN1CCN(C(=O)c2ccccc2C(F)(F)F)C(Cc2ccc(C)c(C)c2)C1. The largest absolute Gasteiger partial charge is 0.417 e. The Labute approximate surface area is 241 Å². The summed E-state index contributed by atoms with van der Waals surface area (Å²) in [4.78, 5) is 19.7. The van der Waals surface area contributed by atoms with Crippen molar-refractivity contribution in [3.05, 3.63) is 70.3 Å². The summed E-state index contributed by atoms with van der Waals surface area (Å²) in [5, 5.41) is 0. The number of nitrogens with zero attached hydrogens (tertiary/aromatic N) is 3. The maximum atomic E-state index is 13.8. The van der Waals surface area contributed by atoms with Gasteiger partial charge in [-0.15, -0.1) is 0 Å². The summed E-state index contributed by atoms with van der Waals surface area (Å²) < 4.78 is 52.3. The number of alkyl halides is 3. The molecule has 2 heterocycles. The summed E-state index contributed by atoms with van der Waals surface area (Å²) in [6.45, 7) is 11.3. The highest BCUT2D eigenvalue weighted by atomic mass is 19.4. The van der Waals surface area contributed by atoms with Crippen LogP contribution in [-0.2, 0) is 22.1 Å². The van der Waals surface area contributed by atoms with E-state index in [-0.39, 0.29) is 17.1 Å². The lowest BCUT2D eigenvalue weighted by Gasteiger charge is -2.43. The molecular formula is C32H40F3N3O3. The molecule has 2 aromatic rings. The second-order valence-electron chi connectivity index (χ2n) is 11.3. The normalized spacial score (nSPS) is 22.3. The monoisotopic (exact) mass is 571 g/mol. The third kappa shape index (κ3) is 7.69. The maximum absolute atomic E-state index is 13.8. The van der Waals surface area contributed by atoms with Gasteiger partial charge < -0.3 is 14.4 Å². The van der Waals surface area contributed by atoms with E-state index < -0.39 is 17.6 Å². The van der Waals surface area contributed by atoms with E-state index in [1.807, 2.05) is 26.0 Å². The number of rotatable bonds is 7. The van der Waals surface area contributed by atoms with E-state index in [2.05, 4.69) is 34.6 Å². The summed E-state index contributed by atoms with van der Waals surface area (Å²) in [5.41, 5.74) is 1.94. The van der Waals surface area contributed by atoms with Crippen LogP contribution in [0.15, 0.2) is 42.5 Å². The van der Waals surface area contributed by atoms with E-state index in [9.17, 15) is 18.0 Å². The molecule has 4 rings (SSSR count). The summed E-state index contributed by atoms with van der Waals surface area (Å²) >= 11 is 0. The Morgan fingerprint density at radius 3 is 2.56 bits per heavy atom. The first kappa shape index (κ1) is 31.0. The highest BCUT2D eigenvalue weighted by molar-refractivity contribution is 5.96. The number of hydrogen-bond donors (Lipinski definition) is 0. The average molecular weight is 572 g/mol. The lowest BCUT2D eigenvalue weighted by atomic mass is 9.97. The molecule has 0 bridgehead atoms. The molecular weight excluding hydrogens is 531 g/mol. The van der Waals surface area contributed by atoms with E-state index in [4.69, 9.17) is 9.47 Å². The van der Waals surface area contributed by atoms with E-state index in [0.29, 0.717) is 59.0 Å². The zero-order valence-electron chi connectivity index (χ0n) is 24.4. The topological polar surface area (TPSA) is 45.3 Å². The summed E-state index contributed by atoms with van der Waals surface area (Å²) in [5.74, 6) is 6.00. The maximum Gasteiger partial charge on any atom is 0.417 e. The molecule has 2 aromatic carbocycles. The van der Waals surface area contributed by atoms with Gasteiger partial charge in [0, 0.05) is 39.3 Å². The first-order valence-electron chi connectivity index (χ1n) is 14.0. The number of amides is 1. The van der Waals surface area contributed by atoms with Crippen molar-refractivity contribution < 1.29 is 27.4 Å². The second kappa shape index (κ2) is 13.4. The Morgan fingerprint density at radius 1 is 1.07 bits per heavy atom. The van der Waals surface area contributed by atoms with Crippen LogP contribution in [0.5, 0.6) is 0 Å². The van der Waals surface area contributed by atoms with Gasteiger partial charge in [-0.1, -0.05) is 42.2 Å². The first-order chi connectivity index (χ1) is 19.5. The number of hydrogen-bond acceptors (Lipinski definition) is 5. The first-order valence-corrected chi connectivity index (χ1v) is 14.0. The summed E-state index contributed by atoms with van der Waals surface area (Å²) in [6, 6.07) is 10.9. The van der Waals surface area contributed by atoms with Gasteiger partial charge in [0.2, 0.25) is 0 Å². The van der Waals surface area contributed by atoms with Gasteiger partial charge in [-0.3, -0.25) is 14.6 Å². The van der Waals surface area contributed by atoms with Crippen molar-refractivity contribution in [1.29, 1.82) is 0 Å². The third-order valence-corrected chi connectivity index (χ3v) is 8.17. The van der Waals surface area contributed by atoms with Gasteiger partial charge in [-0.25, -0.2) is 0 Å². The predicted octanol–water partition coefficient (Wildman–Crippen LogP) is 4.43. The van der Waals surface area contributed by atoms with E-state index in [1.54, 1.807) is 12.0 Å². The Hall–Kier alpha value is -2.90. The molecule has 6 nitrogen and oxygen atoms in total. The summed E-state index contributed by atoms with van der Waals surface area (Å²) in [7, 11) is 1.68. The van der Waals surface area contributed by atoms with Crippen molar-refractivity contribution in [2.75, 3.05) is 66.2 Å². The van der Waals surface area contributed by atoms with Gasteiger partial charge in [0.15, 0.2) is 0 Å². The molecule has 2 aliphatic rings. The standard InChI is InChI=1S/C32H40F3N3O3/c1-24-11-12-26(19-25(24)2)20-27-21-36(13-7-8-14-37-17-18-41-23-31(37,3)22-40-4)15-16-38(27)30(39)28-9-5-6-10-29(28)32(33,34)35/h5-6,9-12,19,27H,13-18,20-23H2,1-4H3. The lowest BCUT2D eigenvalue weighted by Crippen LogP contribution is -2.57. The minimum absolute atomic E-state index is 0.225. The molecule has 1 amide bonds. The number of halogens is 3. The highest BCUT2D eigenvalue weighted by Gasteiger charge is 2.38. The van der Waals surface area contributed by atoms with Gasteiger partial charge >= 0.3 is 6.18 Å². The van der Waals surface area contributed by atoms with Crippen molar-refractivity contribution in [2.45, 2.75) is 44.9 Å². The molecule has 0 aliphatic carbocycles. The minimum atomic E-state index is -4.60. The molecule has 41 heavy (non-hydrogen) atoms. The molecule has 0 aromatic heterocycles.